The van der Waals surface area contributed by atoms with Crippen molar-refractivity contribution in [3.8, 4) is 0 Å². The van der Waals surface area contributed by atoms with Gasteiger partial charge in [0.15, 0.2) is 5.65 Å². The first-order valence-corrected chi connectivity index (χ1v) is 6.67. The first-order valence-electron chi connectivity index (χ1n) is 6.67. The normalized spacial score (nSPS) is 28.7. The number of aromatic nitrogens is 3. The van der Waals surface area contributed by atoms with Gasteiger partial charge in [-0.05, 0) is 43.7 Å². The van der Waals surface area contributed by atoms with Gasteiger partial charge in [0, 0.05) is 13.2 Å². The van der Waals surface area contributed by atoms with Crippen molar-refractivity contribution in [2.75, 3.05) is 0 Å². The van der Waals surface area contributed by atoms with Crippen molar-refractivity contribution in [1.82, 2.24) is 14.5 Å². The van der Waals surface area contributed by atoms with Crippen LogP contribution in [0, 0.1) is 5.92 Å². The van der Waals surface area contributed by atoms with E-state index in [4.69, 9.17) is 5.73 Å². The Bertz CT molecular complexity index is 564. The summed E-state index contributed by atoms with van der Waals surface area (Å²) >= 11 is 0. The number of hydrogen-bond donors (Lipinski definition) is 1. The van der Waals surface area contributed by atoms with E-state index in [1.165, 1.54) is 12.8 Å². The number of nitrogens with two attached hydrogens (primary N) is 1. The highest BCUT2D eigenvalue weighted by molar-refractivity contribution is 5.71. The summed E-state index contributed by atoms with van der Waals surface area (Å²) in [6, 6.07) is 3.99. The number of rotatable bonds is 1. The molecule has 0 radical (unpaired) electrons. The van der Waals surface area contributed by atoms with E-state index in [2.05, 4.69) is 21.5 Å². The molecule has 1 fully saturated rings. The quantitative estimate of drug-likeness (QED) is 0.837. The highest BCUT2D eigenvalue weighted by atomic mass is 15.1. The average molecular weight is 244 g/mol. The lowest BCUT2D eigenvalue weighted by Gasteiger charge is -2.35. The maximum Gasteiger partial charge on any atom is 0.177 e. The van der Waals surface area contributed by atoms with Gasteiger partial charge in [0.1, 0.15) is 5.82 Å². The zero-order valence-electron chi connectivity index (χ0n) is 11.1. The molecule has 2 aromatic heterocycles. The molecule has 2 heterocycles. The first-order chi connectivity index (χ1) is 8.60. The fourth-order valence-corrected chi connectivity index (χ4v) is 2.97. The molecule has 1 aliphatic rings. The third kappa shape index (κ3) is 1.72. The molecule has 4 nitrogen and oxygen atoms in total. The Hall–Kier alpha value is -1.42. The molecule has 0 aliphatic heterocycles. The zero-order valence-corrected chi connectivity index (χ0v) is 11.1. The number of nitrogens with zero attached hydrogens (tertiary/aromatic N) is 3. The van der Waals surface area contributed by atoms with Gasteiger partial charge in [-0.15, -0.1) is 0 Å². The maximum atomic E-state index is 6.60. The summed E-state index contributed by atoms with van der Waals surface area (Å²) in [7, 11) is 2.04. The van der Waals surface area contributed by atoms with Crippen molar-refractivity contribution in [3.05, 3.63) is 24.2 Å². The van der Waals surface area contributed by atoms with E-state index in [0.717, 1.165) is 35.7 Å². The van der Waals surface area contributed by atoms with Crippen LogP contribution >= 0.6 is 0 Å². The van der Waals surface area contributed by atoms with E-state index in [0.29, 0.717) is 0 Å². The van der Waals surface area contributed by atoms with E-state index in [1.54, 1.807) is 6.20 Å². The molecule has 2 aromatic rings. The molecule has 0 atom stereocenters. The van der Waals surface area contributed by atoms with Gasteiger partial charge in [-0.2, -0.15) is 0 Å². The summed E-state index contributed by atoms with van der Waals surface area (Å²) < 4.78 is 2.11. The maximum absolute atomic E-state index is 6.60. The van der Waals surface area contributed by atoms with E-state index in [1.807, 2.05) is 19.2 Å². The van der Waals surface area contributed by atoms with Crippen LogP contribution in [0.15, 0.2) is 18.3 Å². The molecule has 4 heteroatoms. The van der Waals surface area contributed by atoms with Gasteiger partial charge in [0.25, 0.3) is 0 Å². The van der Waals surface area contributed by atoms with Gasteiger partial charge in [0.05, 0.1) is 11.1 Å². The molecule has 1 aliphatic carbocycles. The van der Waals surface area contributed by atoms with Gasteiger partial charge in [-0.3, -0.25) is 0 Å². The molecule has 0 amide bonds. The van der Waals surface area contributed by atoms with Crippen molar-refractivity contribution >= 4 is 11.2 Å². The second-order valence-corrected chi connectivity index (χ2v) is 5.68. The predicted molar refractivity (Wildman–Crippen MR) is 72.0 cm³/mol. The topological polar surface area (TPSA) is 56.7 Å². The molecule has 0 bridgehead atoms. The zero-order chi connectivity index (χ0) is 12.8. The monoisotopic (exact) mass is 244 g/mol. The smallest absolute Gasteiger partial charge is 0.177 e. The minimum absolute atomic E-state index is 0.276. The van der Waals surface area contributed by atoms with Crippen LogP contribution in [0.4, 0.5) is 0 Å². The van der Waals surface area contributed by atoms with Crippen molar-refractivity contribution in [3.63, 3.8) is 0 Å². The lowest BCUT2D eigenvalue weighted by molar-refractivity contribution is 0.233. The van der Waals surface area contributed by atoms with Crippen molar-refractivity contribution in [1.29, 1.82) is 0 Å². The van der Waals surface area contributed by atoms with Gasteiger partial charge in [-0.25, -0.2) is 9.97 Å². The van der Waals surface area contributed by atoms with Crippen molar-refractivity contribution in [2.24, 2.45) is 18.7 Å². The fourth-order valence-electron chi connectivity index (χ4n) is 2.97. The summed E-state index contributed by atoms with van der Waals surface area (Å²) in [5.41, 5.74) is 8.19. The third-order valence-electron chi connectivity index (χ3n) is 4.27. The van der Waals surface area contributed by atoms with E-state index in [9.17, 15) is 0 Å². The predicted octanol–water partition coefficient (Wildman–Crippen LogP) is 2.33. The molecule has 2 N–H and O–H groups in total. The molecular formula is C14H20N4. The Morgan fingerprint density at radius 1 is 1.39 bits per heavy atom. The van der Waals surface area contributed by atoms with E-state index < -0.39 is 0 Å². The number of imidazole rings is 1. The van der Waals surface area contributed by atoms with Crippen LogP contribution in [0.3, 0.4) is 0 Å². The molecule has 0 spiro atoms. The second kappa shape index (κ2) is 4.05. The SMILES string of the molecule is CC1CCC(N)(c2nc3ncccc3n2C)CC1. The molecule has 0 aromatic carbocycles. The Balaban J connectivity index is 2.06. The van der Waals surface area contributed by atoms with Crippen LogP contribution in [0.1, 0.15) is 38.4 Å². The molecule has 0 unspecified atom stereocenters. The standard InChI is InChI=1S/C14H20N4/c1-10-5-7-14(15,8-6-10)13-17-12-11(18(13)2)4-3-9-16-12/h3-4,9-10H,5-8,15H2,1-2H3. The number of hydrogen-bond acceptors (Lipinski definition) is 3. The lowest BCUT2D eigenvalue weighted by Crippen LogP contribution is -2.42. The molecule has 1 saturated carbocycles. The van der Waals surface area contributed by atoms with Gasteiger partial charge in [0.2, 0.25) is 0 Å². The highest BCUT2D eigenvalue weighted by Gasteiger charge is 2.35. The van der Waals surface area contributed by atoms with Crippen LogP contribution in [0.5, 0.6) is 0 Å². The largest absolute Gasteiger partial charge is 0.328 e. The number of aryl methyl sites for hydroxylation is 1. The number of pyridine rings is 1. The van der Waals surface area contributed by atoms with Crippen molar-refractivity contribution in [2.45, 2.75) is 38.1 Å². The Morgan fingerprint density at radius 2 is 2.11 bits per heavy atom. The minimum atomic E-state index is -0.276. The van der Waals surface area contributed by atoms with Crippen LogP contribution in [0.2, 0.25) is 0 Å². The molecule has 3 rings (SSSR count). The van der Waals surface area contributed by atoms with Gasteiger partial charge < -0.3 is 10.3 Å². The highest BCUT2D eigenvalue weighted by Crippen LogP contribution is 2.37. The molecule has 0 saturated heterocycles. The fraction of sp³-hybridized carbons (Fsp3) is 0.571. The summed E-state index contributed by atoms with van der Waals surface area (Å²) in [4.78, 5) is 8.98. The van der Waals surface area contributed by atoms with Crippen molar-refractivity contribution < 1.29 is 0 Å². The van der Waals surface area contributed by atoms with Gasteiger partial charge >= 0.3 is 0 Å². The first kappa shape index (κ1) is 11.7. The Morgan fingerprint density at radius 3 is 2.78 bits per heavy atom. The Kier molecular flexibility index (Phi) is 2.63. The van der Waals surface area contributed by atoms with E-state index >= 15 is 0 Å². The Labute approximate surface area is 107 Å². The van der Waals surface area contributed by atoms with Crippen LogP contribution in [0.25, 0.3) is 11.2 Å². The summed E-state index contributed by atoms with van der Waals surface area (Å²) in [6.45, 7) is 2.30. The minimum Gasteiger partial charge on any atom is -0.328 e. The molecule has 18 heavy (non-hydrogen) atoms. The summed E-state index contributed by atoms with van der Waals surface area (Å²) in [6.07, 6.45) is 6.20. The van der Waals surface area contributed by atoms with Crippen LogP contribution < -0.4 is 5.73 Å². The molecular weight excluding hydrogens is 224 g/mol. The van der Waals surface area contributed by atoms with Gasteiger partial charge in [-0.1, -0.05) is 6.92 Å². The average Bonchev–Trinajstić information content (AvgIpc) is 2.72. The van der Waals surface area contributed by atoms with E-state index in [-0.39, 0.29) is 5.54 Å². The van der Waals surface area contributed by atoms with Crippen LogP contribution in [-0.4, -0.2) is 14.5 Å². The second-order valence-electron chi connectivity index (χ2n) is 5.68. The summed E-state index contributed by atoms with van der Waals surface area (Å²) in [5, 5.41) is 0. The third-order valence-corrected chi connectivity index (χ3v) is 4.27. The number of fused-ring (bicyclic) bond motifs is 1. The molecule has 96 valence electrons. The summed E-state index contributed by atoms with van der Waals surface area (Å²) in [5.74, 6) is 1.78. The lowest BCUT2D eigenvalue weighted by atomic mass is 9.77. The van der Waals surface area contributed by atoms with Crippen LogP contribution in [-0.2, 0) is 12.6 Å².